The molecule has 21 heavy (non-hydrogen) atoms. The van der Waals surface area contributed by atoms with Gasteiger partial charge >= 0.3 is 6.09 Å². The molecule has 2 N–H and O–H groups in total. The van der Waals surface area contributed by atoms with Gasteiger partial charge in [0, 0.05) is 17.5 Å². The van der Waals surface area contributed by atoms with E-state index in [1.165, 1.54) is 0 Å². The molecule has 0 bridgehead atoms. The van der Waals surface area contributed by atoms with Gasteiger partial charge < -0.3 is 15.2 Å². The zero-order valence-electron chi connectivity index (χ0n) is 12.9. The van der Waals surface area contributed by atoms with Crippen LogP contribution in [0.3, 0.4) is 0 Å². The molecule has 4 nitrogen and oxygen atoms in total. The van der Waals surface area contributed by atoms with Gasteiger partial charge in [-0.2, -0.15) is 0 Å². The molecular formula is C16H23ClNO3. The van der Waals surface area contributed by atoms with Crippen LogP contribution in [0.2, 0.25) is 5.02 Å². The van der Waals surface area contributed by atoms with Crippen molar-refractivity contribution in [2.45, 2.75) is 45.6 Å². The number of carbonyl (C=O) groups excluding carboxylic acids is 1. The third-order valence-electron chi connectivity index (χ3n) is 2.89. The number of aliphatic hydroxyl groups is 1. The zero-order valence-corrected chi connectivity index (χ0v) is 13.7. The minimum atomic E-state index is -0.545. The largest absolute Gasteiger partial charge is 0.444 e. The molecule has 0 aromatic heterocycles. The van der Waals surface area contributed by atoms with E-state index in [4.69, 9.17) is 16.3 Å². The number of carbonyl (C=O) groups is 1. The van der Waals surface area contributed by atoms with E-state index in [1.54, 1.807) is 32.9 Å². The van der Waals surface area contributed by atoms with Gasteiger partial charge in [-0.1, -0.05) is 30.7 Å². The summed E-state index contributed by atoms with van der Waals surface area (Å²) >= 11 is 5.87. The van der Waals surface area contributed by atoms with E-state index in [1.807, 2.05) is 19.1 Å². The van der Waals surface area contributed by atoms with Crippen LogP contribution in [-0.2, 0) is 4.74 Å². The van der Waals surface area contributed by atoms with Gasteiger partial charge in [-0.3, -0.25) is 0 Å². The molecule has 0 saturated carbocycles. The molecule has 0 spiro atoms. The second-order valence-electron chi connectivity index (χ2n) is 5.83. The molecule has 0 aliphatic heterocycles. The Kier molecular flexibility index (Phi) is 6.49. The summed E-state index contributed by atoms with van der Waals surface area (Å²) in [4.78, 5) is 11.7. The lowest BCUT2D eigenvalue weighted by Gasteiger charge is -2.24. The van der Waals surface area contributed by atoms with Crippen molar-refractivity contribution in [3.05, 3.63) is 41.0 Å². The van der Waals surface area contributed by atoms with E-state index in [0.717, 1.165) is 5.56 Å². The molecule has 5 heteroatoms. The molecule has 117 valence electrons. The van der Waals surface area contributed by atoms with Gasteiger partial charge in [0.25, 0.3) is 0 Å². The van der Waals surface area contributed by atoms with Gasteiger partial charge in [-0.15, -0.1) is 0 Å². The highest BCUT2D eigenvalue weighted by molar-refractivity contribution is 6.30. The summed E-state index contributed by atoms with van der Waals surface area (Å²) in [5, 5.41) is 13.4. The fourth-order valence-corrected chi connectivity index (χ4v) is 2.00. The first-order valence-electron chi connectivity index (χ1n) is 7.00. The number of halogens is 1. The maximum absolute atomic E-state index is 11.7. The van der Waals surface area contributed by atoms with Crippen molar-refractivity contribution in [2.24, 2.45) is 0 Å². The number of amides is 1. The summed E-state index contributed by atoms with van der Waals surface area (Å²) in [5.74, 6) is -0.278. The SMILES string of the molecule is CC[C](O)C(CNC(=O)OC(C)(C)C)c1ccc(Cl)cc1. The van der Waals surface area contributed by atoms with Crippen LogP contribution in [0.5, 0.6) is 0 Å². The van der Waals surface area contributed by atoms with E-state index < -0.39 is 11.7 Å². The Labute approximate surface area is 131 Å². The lowest BCUT2D eigenvalue weighted by Crippen LogP contribution is -2.36. The quantitative estimate of drug-likeness (QED) is 0.854. The van der Waals surface area contributed by atoms with E-state index in [2.05, 4.69) is 5.32 Å². The topological polar surface area (TPSA) is 58.6 Å². The maximum atomic E-state index is 11.7. The number of nitrogens with one attached hydrogen (secondary N) is 1. The molecule has 0 saturated heterocycles. The van der Waals surface area contributed by atoms with Crippen molar-refractivity contribution in [3.8, 4) is 0 Å². The smallest absolute Gasteiger partial charge is 0.407 e. The van der Waals surface area contributed by atoms with Crippen molar-refractivity contribution in [3.63, 3.8) is 0 Å². The molecular weight excluding hydrogens is 290 g/mol. The van der Waals surface area contributed by atoms with Crippen molar-refractivity contribution in [1.29, 1.82) is 0 Å². The Bertz CT molecular complexity index is 454. The lowest BCUT2D eigenvalue weighted by atomic mass is 9.92. The van der Waals surface area contributed by atoms with Crippen LogP contribution in [-0.4, -0.2) is 23.3 Å². The minimum Gasteiger partial charge on any atom is -0.444 e. The number of aliphatic hydroxyl groups excluding tert-OH is 1. The number of benzene rings is 1. The van der Waals surface area contributed by atoms with Crippen molar-refractivity contribution in [2.75, 3.05) is 6.54 Å². The Morgan fingerprint density at radius 3 is 2.38 bits per heavy atom. The van der Waals surface area contributed by atoms with Crippen molar-refractivity contribution in [1.82, 2.24) is 5.32 Å². The third kappa shape index (κ3) is 6.36. The second-order valence-corrected chi connectivity index (χ2v) is 6.27. The van der Waals surface area contributed by atoms with Gasteiger partial charge in [0.2, 0.25) is 0 Å². The monoisotopic (exact) mass is 312 g/mol. The first-order valence-corrected chi connectivity index (χ1v) is 7.37. The van der Waals surface area contributed by atoms with E-state index in [-0.39, 0.29) is 12.5 Å². The first kappa shape index (κ1) is 17.8. The molecule has 1 radical (unpaired) electrons. The van der Waals surface area contributed by atoms with Crippen molar-refractivity contribution < 1.29 is 14.6 Å². The Morgan fingerprint density at radius 1 is 1.33 bits per heavy atom. The molecule has 0 aliphatic carbocycles. The normalized spacial score (nSPS) is 13.1. The highest BCUT2D eigenvalue weighted by Gasteiger charge is 2.23. The molecule has 1 rings (SSSR count). The van der Waals surface area contributed by atoms with Crippen LogP contribution < -0.4 is 5.32 Å². The highest BCUT2D eigenvalue weighted by Crippen LogP contribution is 2.27. The average molecular weight is 313 g/mol. The van der Waals surface area contributed by atoms with Gasteiger partial charge in [0.1, 0.15) is 11.7 Å². The number of hydrogen-bond acceptors (Lipinski definition) is 3. The summed E-state index contributed by atoms with van der Waals surface area (Å²) in [7, 11) is 0. The predicted octanol–water partition coefficient (Wildman–Crippen LogP) is 4.26. The van der Waals surface area contributed by atoms with Gasteiger partial charge in [-0.25, -0.2) is 4.79 Å². The van der Waals surface area contributed by atoms with E-state index in [0.29, 0.717) is 17.5 Å². The van der Waals surface area contributed by atoms with E-state index in [9.17, 15) is 9.90 Å². The summed E-state index contributed by atoms with van der Waals surface area (Å²) in [5.41, 5.74) is 0.353. The molecule has 0 heterocycles. The van der Waals surface area contributed by atoms with Crippen LogP contribution in [0.25, 0.3) is 0 Å². The number of hydrogen-bond donors (Lipinski definition) is 2. The standard InChI is InChI=1S/C16H23ClNO3/c1-5-14(19)13(11-6-8-12(17)9-7-11)10-18-15(20)21-16(2,3)4/h6-9,13,19H,5,10H2,1-4H3,(H,18,20). The predicted molar refractivity (Wildman–Crippen MR) is 83.9 cm³/mol. The molecule has 0 aliphatic rings. The average Bonchev–Trinajstić information content (AvgIpc) is 2.38. The van der Waals surface area contributed by atoms with Crippen LogP contribution in [0.15, 0.2) is 24.3 Å². The Hall–Kier alpha value is -1.26. The summed E-state index contributed by atoms with van der Waals surface area (Å²) in [6.07, 6.45) is 0.335. The third-order valence-corrected chi connectivity index (χ3v) is 3.14. The second kappa shape index (κ2) is 7.66. The Morgan fingerprint density at radius 2 is 1.90 bits per heavy atom. The van der Waals surface area contributed by atoms with Gasteiger partial charge in [0.15, 0.2) is 0 Å². The van der Waals surface area contributed by atoms with E-state index >= 15 is 0 Å². The number of rotatable bonds is 5. The summed E-state index contributed by atoms with van der Waals surface area (Å²) in [6.45, 7) is 7.55. The fraction of sp³-hybridized carbons (Fsp3) is 0.500. The molecule has 1 unspecified atom stereocenters. The molecule has 1 aromatic rings. The molecule has 1 atom stereocenters. The van der Waals surface area contributed by atoms with Crippen LogP contribution in [0, 0.1) is 6.10 Å². The summed E-state index contributed by atoms with van der Waals surface area (Å²) in [6, 6.07) is 7.21. The summed E-state index contributed by atoms with van der Waals surface area (Å²) < 4.78 is 5.19. The number of alkyl carbamates (subject to hydrolysis) is 1. The Balaban J connectivity index is 2.71. The molecule has 1 amide bonds. The van der Waals surface area contributed by atoms with Gasteiger partial charge in [0.05, 0.1) is 0 Å². The number of ether oxygens (including phenoxy) is 1. The van der Waals surface area contributed by atoms with Crippen LogP contribution >= 0.6 is 11.6 Å². The van der Waals surface area contributed by atoms with Crippen LogP contribution in [0.4, 0.5) is 4.79 Å². The van der Waals surface area contributed by atoms with Crippen LogP contribution in [0.1, 0.15) is 45.6 Å². The molecule has 1 aromatic carbocycles. The van der Waals surface area contributed by atoms with Gasteiger partial charge in [-0.05, 0) is 44.9 Å². The first-order chi connectivity index (χ1) is 9.73. The zero-order chi connectivity index (χ0) is 16.0. The minimum absolute atomic E-state index is 0.274. The highest BCUT2D eigenvalue weighted by atomic mass is 35.5. The fourth-order valence-electron chi connectivity index (χ4n) is 1.87. The maximum Gasteiger partial charge on any atom is 0.407 e. The molecule has 0 fully saturated rings. The van der Waals surface area contributed by atoms with Crippen molar-refractivity contribution >= 4 is 17.7 Å². The lowest BCUT2D eigenvalue weighted by molar-refractivity contribution is 0.0521.